The summed E-state index contributed by atoms with van der Waals surface area (Å²) in [5.41, 5.74) is 2.46. The van der Waals surface area contributed by atoms with E-state index >= 15 is 0 Å². The molecule has 0 aliphatic rings. The second kappa shape index (κ2) is 6.05. The average Bonchev–Trinajstić information content (AvgIpc) is 2.46. The predicted molar refractivity (Wildman–Crippen MR) is 88.9 cm³/mol. The summed E-state index contributed by atoms with van der Waals surface area (Å²) in [7, 11) is -3.38. The Morgan fingerprint density at radius 3 is 1.95 bits per heavy atom. The van der Waals surface area contributed by atoms with Crippen LogP contribution in [-0.4, -0.2) is 23.7 Å². The van der Waals surface area contributed by atoms with Crippen LogP contribution in [0.15, 0.2) is 54.6 Å². The summed E-state index contributed by atoms with van der Waals surface area (Å²) in [4.78, 5) is 12.1. The first-order chi connectivity index (χ1) is 9.39. The van der Waals surface area contributed by atoms with Gasteiger partial charge in [-0.15, -0.1) is 0 Å². The largest absolute Gasteiger partial charge is 0.292 e. The quantitative estimate of drug-likeness (QED) is 0.450. The molecule has 3 nitrogen and oxygen atoms in total. The molecule has 0 spiro atoms. The van der Waals surface area contributed by atoms with Crippen molar-refractivity contribution in [2.24, 2.45) is 0 Å². The van der Waals surface area contributed by atoms with Gasteiger partial charge in [0.25, 0.3) is 0 Å². The van der Waals surface area contributed by atoms with E-state index < -0.39 is 13.1 Å². The Bertz CT molecular complexity index is 707. The summed E-state index contributed by atoms with van der Waals surface area (Å²) < 4.78 is 21.8. The van der Waals surface area contributed by atoms with Crippen LogP contribution in [0.5, 0.6) is 0 Å². The Hall–Kier alpha value is -1.21. The number of carbonyl (C=O) groups is 1. The van der Waals surface area contributed by atoms with Gasteiger partial charge in [-0.1, -0.05) is 77.2 Å². The number of ketones is 1. The van der Waals surface area contributed by atoms with Crippen LogP contribution < -0.4 is 0 Å². The summed E-state index contributed by atoms with van der Waals surface area (Å²) in [5, 5.41) is 0. The van der Waals surface area contributed by atoms with E-state index in [0.717, 1.165) is 17.4 Å². The molecule has 104 valence electrons. The zero-order chi connectivity index (χ0) is 14.8. The minimum absolute atomic E-state index is 0.382. The second-order valence-corrected chi connectivity index (χ2v) is 8.67. The second-order valence-electron chi connectivity index (χ2n) is 4.45. The lowest BCUT2D eigenvalue weighted by Crippen LogP contribution is -2.23. The molecule has 0 bridgehead atoms. The zero-order valence-corrected chi connectivity index (χ0v) is 13.8. The average molecular weight is 400 g/mol. The van der Waals surface area contributed by atoms with E-state index in [1.54, 1.807) is 34.7 Å². The normalized spacial score (nSPS) is 12.9. The topological polar surface area (TPSA) is 51.2 Å². The third-order valence-corrected chi connectivity index (χ3v) is 7.16. The molecule has 1 atom stereocenters. The zero-order valence-electron chi connectivity index (χ0n) is 10.8. The molecule has 5 heteroatoms. The van der Waals surface area contributed by atoms with Gasteiger partial charge in [0.15, 0.2) is 18.9 Å². The molecule has 20 heavy (non-hydrogen) atoms. The van der Waals surface area contributed by atoms with E-state index in [9.17, 15) is 13.2 Å². The highest BCUT2D eigenvalue weighted by Crippen LogP contribution is 2.21. The lowest BCUT2D eigenvalue weighted by Gasteiger charge is -2.08. The maximum absolute atomic E-state index is 12.1. The molecule has 0 unspecified atom stereocenters. The lowest BCUT2D eigenvalue weighted by molar-refractivity contribution is 0.101. The first-order valence-electron chi connectivity index (χ1n) is 5.92. The van der Waals surface area contributed by atoms with Crippen molar-refractivity contribution in [2.75, 3.05) is 6.26 Å². The number of sulfone groups is 1. The maximum Gasteiger partial charge on any atom is 0.190 e. The Kier molecular flexibility index (Phi) is 4.59. The number of hydrogen-bond acceptors (Lipinski definition) is 3. The van der Waals surface area contributed by atoms with Gasteiger partial charge in [0.2, 0.25) is 0 Å². The molecule has 0 fully saturated rings. The van der Waals surface area contributed by atoms with Crippen molar-refractivity contribution >= 4 is 38.2 Å². The van der Waals surface area contributed by atoms with Crippen LogP contribution in [0.1, 0.15) is 10.4 Å². The molecule has 2 aromatic carbocycles. The number of Topliss-reactive ketones (excluding diaryl/α,β-unsaturated/α-hetero) is 1. The Balaban J connectivity index is 2.27. The van der Waals surface area contributed by atoms with Crippen molar-refractivity contribution in [2.45, 2.75) is 3.26 Å². The van der Waals surface area contributed by atoms with E-state index in [1.807, 2.05) is 42.5 Å². The lowest BCUT2D eigenvalue weighted by atomic mass is 10.0. The molecule has 2 rings (SSSR count). The summed E-state index contributed by atoms with van der Waals surface area (Å²) in [6.45, 7) is 0. The van der Waals surface area contributed by atoms with Crippen molar-refractivity contribution in [1.29, 1.82) is 0 Å². The van der Waals surface area contributed by atoms with Gasteiger partial charge < -0.3 is 0 Å². The molecule has 2 aromatic rings. The molecule has 0 saturated carbocycles. The van der Waals surface area contributed by atoms with Crippen molar-refractivity contribution in [3.63, 3.8) is 0 Å². The fraction of sp³-hybridized carbons (Fsp3) is 0.133. The number of hydrogen-bond donors (Lipinski definition) is 0. The highest BCUT2D eigenvalue weighted by molar-refractivity contribution is 14.1. The number of rotatable bonds is 4. The van der Waals surface area contributed by atoms with Gasteiger partial charge in [-0.3, -0.25) is 4.79 Å². The molecule has 0 aliphatic carbocycles. The molecule has 0 radical (unpaired) electrons. The SMILES string of the molecule is CS(=O)(=O)[C@H](I)C(=O)c1ccc(-c2ccccc2)cc1. The Morgan fingerprint density at radius 1 is 0.950 bits per heavy atom. The third kappa shape index (κ3) is 3.46. The van der Waals surface area contributed by atoms with Gasteiger partial charge >= 0.3 is 0 Å². The van der Waals surface area contributed by atoms with E-state index in [4.69, 9.17) is 0 Å². The van der Waals surface area contributed by atoms with E-state index in [-0.39, 0.29) is 5.78 Å². The molecular formula is C15H13IO3S. The maximum atomic E-state index is 12.1. The Labute approximate surface area is 132 Å². The third-order valence-electron chi connectivity index (χ3n) is 2.86. The molecular weight excluding hydrogens is 387 g/mol. The van der Waals surface area contributed by atoms with Gasteiger partial charge in [0.05, 0.1) is 0 Å². The van der Waals surface area contributed by atoms with Gasteiger partial charge in [0.1, 0.15) is 0 Å². The molecule has 0 N–H and O–H groups in total. The molecule has 0 saturated heterocycles. The number of halogens is 1. The van der Waals surface area contributed by atoms with Crippen LogP contribution in [0.25, 0.3) is 11.1 Å². The van der Waals surface area contributed by atoms with Crippen LogP contribution in [0, 0.1) is 0 Å². The number of carbonyl (C=O) groups excluding carboxylic acids is 1. The first kappa shape index (κ1) is 15.2. The van der Waals surface area contributed by atoms with Gasteiger partial charge in [-0.2, -0.15) is 0 Å². The van der Waals surface area contributed by atoms with Crippen molar-refractivity contribution < 1.29 is 13.2 Å². The highest BCUT2D eigenvalue weighted by Gasteiger charge is 2.26. The number of benzene rings is 2. The predicted octanol–water partition coefficient (Wildman–Crippen LogP) is 3.34. The summed E-state index contributed by atoms with van der Waals surface area (Å²) in [6.07, 6.45) is 1.07. The standard InChI is InChI=1S/C15H13IO3S/c1-20(18,19)15(16)14(17)13-9-7-12(8-10-13)11-5-3-2-4-6-11/h2-10,15H,1H3/t15-/m0/s1. The van der Waals surface area contributed by atoms with Gasteiger partial charge in [-0.05, 0) is 11.1 Å². The smallest absolute Gasteiger partial charge is 0.190 e. The van der Waals surface area contributed by atoms with Crippen LogP contribution in [0.4, 0.5) is 0 Å². The minimum atomic E-state index is -3.38. The molecule has 0 amide bonds. The van der Waals surface area contributed by atoms with Crippen LogP contribution >= 0.6 is 22.6 Å². The fourth-order valence-corrected chi connectivity index (χ4v) is 2.67. The summed E-state index contributed by atoms with van der Waals surface area (Å²) in [5.74, 6) is -0.382. The van der Waals surface area contributed by atoms with Gasteiger partial charge in [-0.25, -0.2) is 8.42 Å². The minimum Gasteiger partial charge on any atom is -0.292 e. The fourth-order valence-electron chi connectivity index (χ4n) is 1.78. The van der Waals surface area contributed by atoms with Crippen LogP contribution in [0.2, 0.25) is 0 Å². The first-order valence-corrected chi connectivity index (χ1v) is 9.12. The van der Waals surface area contributed by atoms with Crippen molar-refractivity contribution in [1.82, 2.24) is 0 Å². The summed E-state index contributed by atoms with van der Waals surface area (Å²) in [6, 6.07) is 16.8. The van der Waals surface area contributed by atoms with Crippen LogP contribution in [0.3, 0.4) is 0 Å². The molecule has 0 heterocycles. The Morgan fingerprint density at radius 2 is 1.45 bits per heavy atom. The number of alkyl halides is 1. The van der Waals surface area contributed by atoms with Crippen molar-refractivity contribution in [3.05, 3.63) is 60.2 Å². The molecule has 0 aromatic heterocycles. The summed E-state index contributed by atoms with van der Waals surface area (Å²) >= 11 is 1.66. The molecule has 0 aliphatic heterocycles. The highest BCUT2D eigenvalue weighted by atomic mass is 127. The van der Waals surface area contributed by atoms with Gasteiger partial charge in [0, 0.05) is 11.8 Å². The van der Waals surface area contributed by atoms with E-state index in [0.29, 0.717) is 5.56 Å². The van der Waals surface area contributed by atoms with E-state index in [2.05, 4.69) is 0 Å². The van der Waals surface area contributed by atoms with Crippen LogP contribution in [-0.2, 0) is 9.84 Å². The van der Waals surface area contributed by atoms with Crippen molar-refractivity contribution in [3.8, 4) is 11.1 Å². The van der Waals surface area contributed by atoms with E-state index in [1.165, 1.54) is 0 Å². The monoisotopic (exact) mass is 400 g/mol.